The van der Waals surface area contributed by atoms with Gasteiger partial charge in [-0.2, -0.15) is 0 Å². The van der Waals surface area contributed by atoms with Gasteiger partial charge in [-0.15, -0.1) is 0 Å². The smallest absolute Gasteiger partial charge is 0.329 e. The Hall–Kier alpha value is -1.63. The fourth-order valence-electron chi connectivity index (χ4n) is 3.93. The van der Waals surface area contributed by atoms with Crippen molar-refractivity contribution in [3.63, 3.8) is 0 Å². The van der Waals surface area contributed by atoms with Crippen LogP contribution < -0.4 is 5.32 Å². The van der Waals surface area contributed by atoms with Crippen molar-refractivity contribution in [3.05, 3.63) is 0 Å². The summed E-state index contributed by atoms with van der Waals surface area (Å²) >= 11 is 0. The number of likely N-dealkylation sites (tertiary alicyclic amines) is 1. The average molecular weight is 324 g/mol. The zero-order valence-electron chi connectivity index (χ0n) is 13.3. The Morgan fingerprint density at radius 1 is 1.22 bits per heavy atom. The SMILES string of the molecule is O=C(NC1(C(=O)O)CCOCC1)C1CC(=O)N(C2CCCC2)C1. The summed E-state index contributed by atoms with van der Waals surface area (Å²) in [6, 6.07) is 0.261. The lowest BCUT2D eigenvalue weighted by Gasteiger charge is -2.34. The normalized spacial score (nSPS) is 28.1. The quantitative estimate of drug-likeness (QED) is 0.786. The zero-order valence-corrected chi connectivity index (χ0v) is 13.3. The maximum absolute atomic E-state index is 12.5. The molecule has 0 aromatic rings. The highest BCUT2D eigenvalue weighted by Gasteiger charge is 2.45. The monoisotopic (exact) mass is 324 g/mol. The highest BCUT2D eigenvalue weighted by molar-refractivity contribution is 5.92. The molecule has 3 fully saturated rings. The van der Waals surface area contributed by atoms with Crippen LogP contribution in [0.2, 0.25) is 0 Å². The van der Waals surface area contributed by atoms with Crippen molar-refractivity contribution in [3.8, 4) is 0 Å². The van der Waals surface area contributed by atoms with Gasteiger partial charge in [0.05, 0.1) is 5.92 Å². The van der Waals surface area contributed by atoms with E-state index < -0.39 is 17.4 Å². The molecule has 1 saturated carbocycles. The molecule has 1 unspecified atom stereocenters. The lowest BCUT2D eigenvalue weighted by atomic mass is 9.89. The van der Waals surface area contributed by atoms with E-state index in [1.165, 1.54) is 0 Å². The van der Waals surface area contributed by atoms with E-state index in [-0.39, 0.29) is 37.1 Å². The molecule has 0 aromatic heterocycles. The van der Waals surface area contributed by atoms with E-state index in [9.17, 15) is 19.5 Å². The van der Waals surface area contributed by atoms with Crippen molar-refractivity contribution in [2.75, 3.05) is 19.8 Å². The third-order valence-corrected chi connectivity index (χ3v) is 5.41. The van der Waals surface area contributed by atoms with Crippen molar-refractivity contribution >= 4 is 17.8 Å². The van der Waals surface area contributed by atoms with Gasteiger partial charge in [-0.3, -0.25) is 9.59 Å². The predicted octanol–water partition coefficient (Wildman–Crippen LogP) is 0.527. The van der Waals surface area contributed by atoms with Crippen LogP contribution in [0.5, 0.6) is 0 Å². The average Bonchev–Trinajstić information content (AvgIpc) is 3.17. The third-order valence-electron chi connectivity index (χ3n) is 5.41. The second-order valence-corrected chi connectivity index (χ2v) is 6.87. The van der Waals surface area contributed by atoms with Gasteiger partial charge in [0, 0.05) is 45.1 Å². The first-order valence-electron chi connectivity index (χ1n) is 8.44. The molecule has 128 valence electrons. The summed E-state index contributed by atoms with van der Waals surface area (Å²) in [6.07, 6.45) is 5.00. The summed E-state index contributed by atoms with van der Waals surface area (Å²) in [6.45, 7) is 1.07. The zero-order chi connectivity index (χ0) is 16.4. The first kappa shape index (κ1) is 16.2. The van der Waals surface area contributed by atoms with Gasteiger partial charge in [-0.05, 0) is 12.8 Å². The van der Waals surface area contributed by atoms with Gasteiger partial charge < -0.3 is 20.1 Å². The molecule has 0 aromatic carbocycles. The summed E-state index contributed by atoms with van der Waals surface area (Å²) in [5.41, 5.74) is -1.25. The molecule has 0 radical (unpaired) electrons. The van der Waals surface area contributed by atoms with Crippen LogP contribution in [0.4, 0.5) is 0 Å². The van der Waals surface area contributed by atoms with Crippen LogP contribution in [0.15, 0.2) is 0 Å². The van der Waals surface area contributed by atoms with Gasteiger partial charge in [0.15, 0.2) is 0 Å². The van der Waals surface area contributed by atoms with Crippen molar-refractivity contribution < 1.29 is 24.2 Å². The Bertz CT molecular complexity index is 495. The van der Waals surface area contributed by atoms with Crippen LogP contribution in [0, 0.1) is 5.92 Å². The molecular formula is C16H24N2O5. The fourth-order valence-corrected chi connectivity index (χ4v) is 3.93. The molecular weight excluding hydrogens is 300 g/mol. The lowest BCUT2D eigenvalue weighted by Crippen LogP contribution is -2.58. The van der Waals surface area contributed by atoms with Gasteiger partial charge in [0.25, 0.3) is 0 Å². The minimum Gasteiger partial charge on any atom is -0.480 e. The predicted molar refractivity (Wildman–Crippen MR) is 80.6 cm³/mol. The van der Waals surface area contributed by atoms with Gasteiger partial charge >= 0.3 is 5.97 Å². The van der Waals surface area contributed by atoms with E-state index in [1.54, 1.807) is 0 Å². The van der Waals surface area contributed by atoms with Crippen LogP contribution in [0.3, 0.4) is 0 Å². The highest BCUT2D eigenvalue weighted by Crippen LogP contribution is 2.30. The molecule has 3 rings (SSSR count). The number of hydrogen-bond acceptors (Lipinski definition) is 4. The molecule has 2 amide bonds. The van der Waals surface area contributed by atoms with Crippen LogP contribution in [-0.2, 0) is 19.1 Å². The molecule has 0 spiro atoms. The molecule has 1 atom stereocenters. The minimum atomic E-state index is -1.25. The second kappa shape index (κ2) is 6.47. The Balaban J connectivity index is 1.63. The molecule has 2 N–H and O–H groups in total. The first-order chi connectivity index (χ1) is 11.0. The Morgan fingerprint density at radius 2 is 1.87 bits per heavy atom. The number of ether oxygens (including phenoxy) is 1. The van der Waals surface area contributed by atoms with Crippen LogP contribution in [-0.4, -0.2) is 59.1 Å². The molecule has 23 heavy (non-hydrogen) atoms. The number of aliphatic carboxylic acids is 1. The second-order valence-electron chi connectivity index (χ2n) is 6.87. The van der Waals surface area contributed by atoms with Gasteiger partial charge in [-0.1, -0.05) is 12.8 Å². The lowest BCUT2D eigenvalue weighted by molar-refractivity contribution is -0.152. The first-order valence-corrected chi connectivity index (χ1v) is 8.44. The van der Waals surface area contributed by atoms with Crippen LogP contribution in [0.1, 0.15) is 44.9 Å². The number of carboxylic acid groups (broad SMARTS) is 1. The Labute approximate surface area is 135 Å². The maximum Gasteiger partial charge on any atom is 0.329 e. The summed E-state index contributed by atoms with van der Waals surface area (Å²) in [4.78, 5) is 38.2. The molecule has 2 heterocycles. The van der Waals surface area contributed by atoms with Crippen molar-refractivity contribution in [2.24, 2.45) is 5.92 Å². The third kappa shape index (κ3) is 3.20. The molecule has 3 aliphatic rings. The van der Waals surface area contributed by atoms with Gasteiger partial charge in [-0.25, -0.2) is 4.79 Å². The van der Waals surface area contributed by atoms with Crippen LogP contribution >= 0.6 is 0 Å². The maximum atomic E-state index is 12.5. The number of nitrogens with one attached hydrogen (secondary N) is 1. The van der Waals surface area contributed by atoms with E-state index in [2.05, 4.69) is 5.32 Å². The van der Waals surface area contributed by atoms with E-state index in [4.69, 9.17) is 4.74 Å². The summed E-state index contributed by atoms with van der Waals surface area (Å²) < 4.78 is 5.21. The molecule has 1 aliphatic carbocycles. The van der Waals surface area contributed by atoms with Crippen molar-refractivity contribution in [2.45, 2.75) is 56.5 Å². The van der Waals surface area contributed by atoms with E-state index in [0.29, 0.717) is 19.8 Å². The number of rotatable bonds is 4. The number of amides is 2. The summed E-state index contributed by atoms with van der Waals surface area (Å²) in [5.74, 6) is -1.76. The largest absolute Gasteiger partial charge is 0.480 e. The number of carbonyl (C=O) groups excluding carboxylic acids is 2. The molecule has 2 aliphatic heterocycles. The van der Waals surface area contributed by atoms with E-state index >= 15 is 0 Å². The van der Waals surface area contributed by atoms with E-state index in [0.717, 1.165) is 25.7 Å². The fraction of sp³-hybridized carbons (Fsp3) is 0.812. The van der Waals surface area contributed by atoms with Gasteiger partial charge in [0.1, 0.15) is 5.54 Å². The van der Waals surface area contributed by atoms with Crippen molar-refractivity contribution in [1.82, 2.24) is 10.2 Å². The number of carbonyl (C=O) groups is 3. The number of nitrogens with zero attached hydrogens (tertiary/aromatic N) is 1. The number of hydrogen-bond donors (Lipinski definition) is 2. The highest BCUT2D eigenvalue weighted by atomic mass is 16.5. The van der Waals surface area contributed by atoms with Gasteiger partial charge in [0.2, 0.25) is 11.8 Å². The Kier molecular flexibility index (Phi) is 4.57. The minimum absolute atomic E-state index is 0.0217. The molecule has 7 nitrogen and oxygen atoms in total. The molecule has 0 bridgehead atoms. The standard InChI is InChI=1S/C16H24N2O5/c19-13-9-11(10-18(13)12-3-1-2-4-12)14(20)17-16(15(21)22)5-7-23-8-6-16/h11-12H,1-10H2,(H,17,20)(H,21,22). The number of carboxylic acids is 1. The molecule has 2 saturated heterocycles. The topological polar surface area (TPSA) is 95.9 Å². The molecule has 7 heteroatoms. The van der Waals surface area contributed by atoms with Crippen molar-refractivity contribution in [1.29, 1.82) is 0 Å². The Morgan fingerprint density at radius 3 is 2.48 bits per heavy atom. The van der Waals surface area contributed by atoms with E-state index in [1.807, 2.05) is 4.90 Å². The summed E-state index contributed by atoms with van der Waals surface area (Å²) in [7, 11) is 0. The van der Waals surface area contributed by atoms with Crippen LogP contribution in [0.25, 0.3) is 0 Å². The summed E-state index contributed by atoms with van der Waals surface area (Å²) in [5, 5.41) is 12.2.